The van der Waals surface area contributed by atoms with Gasteiger partial charge in [0, 0.05) is 6.54 Å². The van der Waals surface area contributed by atoms with Crippen LogP contribution in [0.3, 0.4) is 0 Å². The van der Waals surface area contributed by atoms with Crippen LogP contribution in [0.5, 0.6) is 0 Å². The van der Waals surface area contributed by atoms with Crippen LogP contribution in [-0.4, -0.2) is 29.2 Å². The number of aryl methyl sites for hydroxylation is 1. The highest BCUT2D eigenvalue weighted by Gasteiger charge is 2.42. The predicted octanol–water partition coefficient (Wildman–Crippen LogP) is 5.09. The Bertz CT molecular complexity index is 763. The fourth-order valence-corrected chi connectivity index (χ4v) is 4.87. The first-order chi connectivity index (χ1) is 12.0. The summed E-state index contributed by atoms with van der Waals surface area (Å²) in [7, 11) is -1.47. The van der Waals surface area contributed by atoms with E-state index in [4.69, 9.17) is 0 Å². The van der Waals surface area contributed by atoms with Crippen LogP contribution in [0.1, 0.15) is 18.4 Å². The third-order valence-electron chi connectivity index (χ3n) is 4.27. The minimum atomic E-state index is -3.36. The van der Waals surface area contributed by atoms with Crippen LogP contribution in [0.25, 0.3) is 0 Å². The number of halogens is 2. The number of para-hydroxylation sites is 2. The molecule has 8 heteroatoms. The number of unbranched alkanes of at least 4 members (excludes halogenated alkanes) is 1. The van der Waals surface area contributed by atoms with Crippen LogP contribution in [-0.2, 0) is 0 Å². The average Bonchev–Trinajstić information content (AvgIpc) is 2.79. The Hall–Kier alpha value is -1.51. The van der Waals surface area contributed by atoms with Crippen molar-refractivity contribution in [3.05, 3.63) is 53.8 Å². The van der Waals surface area contributed by atoms with E-state index >= 15 is 0 Å². The molecule has 0 atom stereocenters. The van der Waals surface area contributed by atoms with E-state index in [1.165, 1.54) is 10.4 Å². The molecule has 0 amide bonds. The van der Waals surface area contributed by atoms with Crippen molar-refractivity contribution in [1.29, 1.82) is 0 Å². The first kappa shape index (κ1) is 20.8. The Morgan fingerprint density at radius 2 is 1.73 bits per heavy atom. The lowest BCUT2D eigenvalue weighted by molar-refractivity contribution is 0.482. The van der Waals surface area contributed by atoms with E-state index in [-0.39, 0.29) is 18.1 Å². The summed E-state index contributed by atoms with van der Waals surface area (Å²) < 4.78 is 39.4. The van der Waals surface area contributed by atoms with Gasteiger partial charge in [0.25, 0.3) is 0 Å². The Kier molecular flexibility index (Phi) is 6.76. The lowest BCUT2D eigenvalue weighted by Gasteiger charge is -2.43. The van der Waals surface area contributed by atoms with Crippen molar-refractivity contribution >= 4 is 40.4 Å². The van der Waals surface area contributed by atoms with Gasteiger partial charge in [-0.2, -0.15) is 0 Å². The highest BCUT2D eigenvalue weighted by Crippen LogP contribution is 2.64. The van der Waals surface area contributed by atoms with Gasteiger partial charge < -0.3 is 5.32 Å². The number of hydrogen-bond acceptors (Lipinski definition) is 5. The Morgan fingerprint density at radius 1 is 1.04 bits per heavy atom. The molecule has 2 aromatic rings. The molecule has 1 aliphatic rings. The molecule has 1 heterocycles. The normalized spacial score (nSPS) is 16.2. The molecule has 2 aromatic carbocycles. The van der Waals surface area contributed by atoms with Gasteiger partial charge >= 0.3 is 0 Å². The summed E-state index contributed by atoms with van der Waals surface area (Å²) in [6, 6.07) is 12.1. The smallest absolute Gasteiger partial charge is 0.148 e. The van der Waals surface area contributed by atoms with Crippen LogP contribution in [0.2, 0.25) is 0 Å². The second-order valence-corrected chi connectivity index (χ2v) is 7.93. The van der Waals surface area contributed by atoms with Crippen LogP contribution in [0.15, 0.2) is 42.5 Å². The molecule has 0 radical (unpaired) electrons. The summed E-state index contributed by atoms with van der Waals surface area (Å²) in [6.07, 6.45) is 1.72. The van der Waals surface area contributed by atoms with Gasteiger partial charge in [0.1, 0.15) is 11.5 Å². The van der Waals surface area contributed by atoms with Gasteiger partial charge in [-0.05, 0) is 74.1 Å². The lowest BCUT2D eigenvalue weighted by Crippen LogP contribution is -2.32. The minimum absolute atomic E-state index is 0. The number of anilines is 3. The van der Waals surface area contributed by atoms with Gasteiger partial charge in [-0.3, -0.25) is 13.4 Å². The summed E-state index contributed by atoms with van der Waals surface area (Å²) >= 11 is 0. The topological polar surface area (TPSA) is 59.0 Å². The monoisotopic (exact) mass is 401 g/mol. The largest absolute Gasteiger partial charge is 0.320 e. The number of nitrogens with one attached hydrogen (secondary N) is 1. The van der Waals surface area contributed by atoms with Gasteiger partial charge in [-0.15, -0.1) is 12.4 Å². The van der Waals surface area contributed by atoms with Crippen molar-refractivity contribution in [1.82, 2.24) is 5.32 Å². The van der Waals surface area contributed by atoms with Crippen LogP contribution in [0, 0.1) is 12.7 Å². The molecule has 5 nitrogen and oxygen atoms in total. The second-order valence-electron chi connectivity index (χ2n) is 6.14. The fourth-order valence-electron chi connectivity index (χ4n) is 3.05. The lowest BCUT2D eigenvalue weighted by atomic mass is 10.2. The van der Waals surface area contributed by atoms with E-state index in [0.29, 0.717) is 17.9 Å². The van der Waals surface area contributed by atoms with Crippen molar-refractivity contribution in [2.45, 2.75) is 19.8 Å². The predicted molar refractivity (Wildman–Crippen MR) is 110 cm³/mol. The summed E-state index contributed by atoms with van der Waals surface area (Å²) in [5.74, 6) is -0.466. The van der Waals surface area contributed by atoms with Gasteiger partial charge in [-0.1, -0.05) is 18.2 Å². The molecule has 3 N–H and O–H groups in total. The van der Waals surface area contributed by atoms with E-state index in [2.05, 4.69) is 5.32 Å². The third-order valence-corrected chi connectivity index (χ3v) is 6.12. The molecular weight excluding hydrogens is 377 g/mol. The molecule has 0 fully saturated rings. The van der Waals surface area contributed by atoms with Crippen molar-refractivity contribution in [3.63, 3.8) is 0 Å². The highest BCUT2D eigenvalue weighted by atomic mass is 35.5. The first-order valence-corrected chi connectivity index (χ1v) is 9.79. The van der Waals surface area contributed by atoms with E-state index in [1.54, 1.807) is 29.4 Å². The molecule has 0 aliphatic carbocycles. The van der Waals surface area contributed by atoms with Crippen LogP contribution < -0.4 is 13.9 Å². The summed E-state index contributed by atoms with van der Waals surface area (Å²) in [5, 5.41) is 3.08. The number of nitrogens with zero attached hydrogens (tertiary/aromatic N) is 2. The molecule has 0 unspecified atom stereocenters. The number of fused-ring (bicyclic) bond motifs is 1. The molecule has 0 saturated carbocycles. The zero-order valence-electron chi connectivity index (χ0n) is 14.9. The molecule has 1 aliphatic heterocycles. The molecule has 3 rings (SSSR count). The Balaban J connectivity index is 0.00000243. The third kappa shape index (κ3) is 3.77. The molecule has 144 valence electrons. The maximum absolute atomic E-state index is 14.5. The minimum Gasteiger partial charge on any atom is -0.320 e. The van der Waals surface area contributed by atoms with E-state index in [0.717, 1.165) is 24.9 Å². The maximum atomic E-state index is 14.5. The maximum Gasteiger partial charge on any atom is 0.148 e. The average molecular weight is 402 g/mol. The van der Waals surface area contributed by atoms with E-state index in [9.17, 15) is 13.5 Å². The zero-order valence-corrected chi connectivity index (χ0v) is 16.5. The molecular formula is C18H25ClFN3O2S. The first-order valence-electron chi connectivity index (χ1n) is 8.33. The molecule has 26 heavy (non-hydrogen) atoms. The van der Waals surface area contributed by atoms with Crippen molar-refractivity contribution < 1.29 is 13.5 Å². The van der Waals surface area contributed by atoms with Gasteiger partial charge in [-0.25, -0.2) is 8.70 Å². The fraction of sp³-hybridized carbons (Fsp3) is 0.333. The molecule has 0 spiro atoms. The molecule has 0 aromatic heterocycles. The zero-order chi connectivity index (χ0) is 18.0. The molecule has 0 bridgehead atoms. The SMILES string of the molecule is CNCCCCN1c2ccccc2N(c2ccc(C)cc2F)S1(O)O.Cl. The highest BCUT2D eigenvalue weighted by molar-refractivity contribution is 8.27. The second kappa shape index (κ2) is 8.45. The summed E-state index contributed by atoms with van der Waals surface area (Å²) in [5.41, 5.74) is 2.29. The van der Waals surface area contributed by atoms with Crippen molar-refractivity contribution in [2.24, 2.45) is 0 Å². The van der Waals surface area contributed by atoms with Crippen LogP contribution >= 0.6 is 23.4 Å². The number of hydrogen-bond donors (Lipinski definition) is 3. The number of rotatable bonds is 6. The quantitative estimate of drug-likeness (QED) is 0.588. The van der Waals surface area contributed by atoms with Crippen molar-refractivity contribution in [2.75, 3.05) is 28.7 Å². The number of benzene rings is 2. The van der Waals surface area contributed by atoms with Gasteiger partial charge in [0.2, 0.25) is 0 Å². The van der Waals surface area contributed by atoms with Crippen molar-refractivity contribution in [3.8, 4) is 0 Å². The van der Waals surface area contributed by atoms with E-state index < -0.39 is 16.8 Å². The summed E-state index contributed by atoms with van der Waals surface area (Å²) in [4.78, 5) is 0. The van der Waals surface area contributed by atoms with Crippen LogP contribution in [0.4, 0.5) is 21.5 Å². The van der Waals surface area contributed by atoms with Gasteiger partial charge in [0.05, 0.1) is 11.4 Å². The standard InChI is InChI=1S/C18H24FN3O2S.ClH/c1-14-9-10-16(15(19)13-14)22-18-8-4-3-7-17(18)21(25(22,23)24)12-6-5-11-20-2;/h3-4,7-10,13,20,23-24H,5-6,11-12H2,1-2H3;1H. The van der Waals surface area contributed by atoms with E-state index in [1.807, 2.05) is 25.2 Å². The Labute approximate surface area is 161 Å². The molecule has 0 saturated heterocycles. The summed E-state index contributed by atoms with van der Waals surface area (Å²) in [6.45, 7) is 3.16. The van der Waals surface area contributed by atoms with Gasteiger partial charge in [0.15, 0.2) is 0 Å². The Morgan fingerprint density at radius 3 is 2.38 bits per heavy atom.